The highest BCUT2D eigenvalue weighted by atomic mass is 79.9. The summed E-state index contributed by atoms with van der Waals surface area (Å²) < 4.78 is 3.90. The second kappa shape index (κ2) is 7.48. The van der Waals surface area contributed by atoms with Gasteiger partial charge in [0.25, 0.3) is 5.56 Å². The largest absolute Gasteiger partial charge is 0.478 e. The molecule has 4 rings (SSSR count). The average molecular weight is 451 g/mol. The van der Waals surface area contributed by atoms with E-state index in [4.69, 9.17) is 5.11 Å². The quantitative estimate of drug-likeness (QED) is 0.478. The Labute approximate surface area is 173 Å². The number of rotatable bonds is 4. The lowest BCUT2D eigenvalue weighted by atomic mass is 10.2. The van der Waals surface area contributed by atoms with Gasteiger partial charge in [-0.15, -0.1) is 0 Å². The Bertz CT molecular complexity index is 1320. The topological polar surface area (TPSA) is 89.5 Å². The van der Waals surface area contributed by atoms with Gasteiger partial charge in [-0.25, -0.2) is 9.78 Å². The van der Waals surface area contributed by atoms with E-state index in [-0.39, 0.29) is 11.1 Å². The maximum atomic E-state index is 12.8. The number of carboxylic acid groups (broad SMARTS) is 1. The van der Waals surface area contributed by atoms with Gasteiger partial charge in [-0.3, -0.25) is 4.79 Å². The van der Waals surface area contributed by atoms with Crippen molar-refractivity contribution < 1.29 is 9.90 Å². The first-order valence-corrected chi connectivity index (χ1v) is 9.48. The first kappa shape index (κ1) is 18.8. The van der Waals surface area contributed by atoms with Crippen LogP contribution in [0, 0.1) is 6.92 Å². The fourth-order valence-corrected chi connectivity index (χ4v) is 3.37. The maximum absolute atomic E-state index is 12.8. The molecule has 0 aliphatic heterocycles. The average Bonchev–Trinajstić information content (AvgIpc) is 3.17. The van der Waals surface area contributed by atoms with Crippen molar-refractivity contribution >= 4 is 39.0 Å². The van der Waals surface area contributed by atoms with Crippen molar-refractivity contribution in [2.24, 2.45) is 5.10 Å². The lowest BCUT2D eigenvalue weighted by Crippen LogP contribution is -2.20. The predicted molar refractivity (Wildman–Crippen MR) is 114 cm³/mol. The van der Waals surface area contributed by atoms with Gasteiger partial charge in [-0.05, 0) is 61.5 Å². The van der Waals surface area contributed by atoms with Crippen LogP contribution in [0.15, 0.2) is 75.2 Å². The summed E-state index contributed by atoms with van der Waals surface area (Å²) in [4.78, 5) is 28.3. The zero-order valence-electron chi connectivity index (χ0n) is 15.3. The van der Waals surface area contributed by atoms with Gasteiger partial charge in [-0.1, -0.05) is 15.9 Å². The minimum absolute atomic E-state index is 0.215. The van der Waals surface area contributed by atoms with Crippen LogP contribution in [0.25, 0.3) is 16.6 Å². The first-order chi connectivity index (χ1) is 13.9. The van der Waals surface area contributed by atoms with Crippen molar-refractivity contribution in [3.05, 3.63) is 92.7 Å². The third kappa shape index (κ3) is 3.62. The van der Waals surface area contributed by atoms with E-state index in [1.165, 1.54) is 4.68 Å². The van der Waals surface area contributed by atoms with Crippen molar-refractivity contribution in [1.82, 2.24) is 14.2 Å². The van der Waals surface area contributed by atoms with Crippen molar-refractivity contribution in [3.8, 4) is 5.69 Å². The number of aromatic nitrogens is 3. The summed E-state index contributed by atoms with van der Waals surface area (Å²) in [6.45, 7) is 1.73. The number of nitrogens with zero attached hydrogens (tertiary/aromatic N) is 4. The van der Waals surface area contributed by atoms with Crippen LogP contribution in [0.4, 0.5) is 0 Å². The van der Waals surface area contributed by atoms with Crippen molar-refractivity contribution in [2.45, 2.75) is 6.92 Å². The molecule has 0 fully saturated rings. The van der Waals surface area contributed by atoms with Gasteiger partial charge in [0.15, 0.2) is 0 Å². The Kier molecular flexibility index (Phi) is 4.85. The summed E-state index contributed by atoms with van der Waals surface area (Å²) >= 11 is 3.38. The highest BCUT2D eigenvalue weighted by Crippen LogP contribution is 2.16. The molecule has 0 aliphatic rings. The molecule has 0 saturated carbocycles. The Morgan fingerprint density at radius 1 is 1.17 bits per heavy atom. The summed E-state index contributed by atoms with van der Waals surface area (Å²) in [5, 5.41) is 13.9. The highest BCUT2D eigenvalue weighted by Gasteiger charge is 2.09. The van der Waals surface area contributed by atoms with Crippen LogP contribution < -0.4 is 5.56 Å². The molecule has 2 heterocycles. The van der Waals surface area contributed by atoms with E-state index in [2.05, 4.69) is 26.0 Å². The molecule has 0 spiro atoms. The number of carboxylic acids is 1. The fourth-order valence-electron chi connectivity index (χ4n) is 3.01. The number of benzene rings is 2. The van der Waals surface area contributed by atoms with Gasteiger partial charge in [0.05, 0.1) is 28.4 Å². The fraction of sp³-hybridized carbons (Fsp3) is 0.0476. The number of halogens is 1. The van der Waals surface area contributed by atoms with E-state index in [1.54, 1.807) is 49.5 Å². The van der Waals surface area contributed by atoms with Gasteiger partial charge in [0.1, 0.15) is 5.82 Å². The van der Waals surface area contributed by atoms with E-state index >= 15 is 0 Å². The predicted octanol–water partition coefficient (Wildman–Crippen LogP) is 3.84. The summed E-state index contributed by atoms with van der Waals surface area (Å²) in [6, 6.07) is 15.6. The summed E-state index contributed by atoms with van der Waals surface area (Å²) in [7, 11) is 0. The second-order valence-corrected chi connectivity index (χ2v) is 7.25. The Hall–Kier alpha value is -3.52. The van der Waals surface area contributed by atoms with Gasteiger partial charge in [-0.2, -0.15) is 9.78 Å². The number of fused-ring (bicyclic) bond motifs is 1. The van der Waals surface area contributed by atoms with Gasteiger partial charge < -0.3 is 9.67 Å². The second-order valence-electron chi connectivity index (χ2n) is 6.34. The number of carbonyl (C=O) groups is 1. The van der Waals surface area contributed by atoms with Crippen LogP contribution in [0.3, 0.4) is 0 Å². The molecule has 2 aromatic carbocycles. The zero-order valence-corrected chi connectivity index (χ0v) is 16.9. The highest BCUT2D eigenvalue weighted by molar-refractivity contribution is 9.10. The molecule has 0 atom stereocenters. The van der Waals surface area contributed by atoms with E-state index in [0.717, 1.165) is 15.9 Å². The molecule has 8 heteroatoms. The summed E-state index contributed by atoms with van der Waals surface area (Å²) in [6.07, 6.45) is 3.41. The zero-order chi connectivity index (χ0) is 20.5. The maximum Gasteiger partial charge on any atom is 0.335 e. The lowest BCUT2D eigenvalue weighted by Gasteiger charge is -2.08. The minimum atomic E-state index is -0.976. The molecule has 2 aromatic heterocycles. The van der Waals surface area contributed by atoms with Crippen LogP contribution in [0.2, 0.25) is 0 Å². The minimum Gasteiger partial charge on any atom is -0.478 e. The lowest BCUT2D eigenvalue weighted by molar-refractivity contribution is 0.0697. The van der Waals surface area contributed by atoms with Crippen molar-refractivity contribution in [2.75, 3.05) is 0 Å². The van der Waals surface area contributed by atoms with E-state index in [9.17, 15) is 9.59 Å². The molecule has 0 aliphatic carbocycles. The first-order valence-electron chi connectivity index (χ1n) is 8.68. The Morgan fingerprint density at radius 2 is 1.93 bits per heavy atom. The molecule has 0 radical (unpaired) electrons. The van der Waals surface area contributed by atoms with Crippen LogP contribution in [-0.4, -0.2) is 31.5 Å². The molecule has 0 amide bonds. The number of hydrogen-bond donors (Lipinski definition) is 1. The van der Waals surface area contributed by atoms with Gasteiger partial charge in [0.2, 0.25) is 0 Å². The van der Waals surface area contributed by atoms with Crippen molar-refractivity contribution in [3.63, 3.8) is 0 Å². The smallest absolute Gasteiger partial charge is 0.335 e. The molecular weight excluding hydrogens is 436 g/mol. The van der Waals surface area contributed by atoms with E-state index in [1.807, 2.05) is 29.0 Å². The van der Waals surface area contributed by atoms with Gasteiger partial charge in [0, 0.05) is 16.4 Å². The normalized spacial score (nSPS) is 11.4. The molecule has 4 aromatic rings. The SMILES string of the molecule is Cc1nc2ccc(Br)cc2c(=O)n1N=Cc1cccn1-c1ccc(C(=O)O)cc1. The Morgan fingerprint density at radius 3 is 2.66 bits per heavy atom. The standard InChI is InChI=1S/C21H15BrN4O3/c1-13-24-19-9-6-15(22)11-18(19)20(27)26(13)23-12-17-3-2-10-25(17)16-7-4-14(5-8-16)21(28)29/h2-12H,1H3,(H,28,29). The molecule has 144 valence electrons. The number of hydrogen-bond acceptors (Lipinski definition) is 4. The van der Waals surface area contributed by atoms with Crippen molar-refractivity contribution in [1.29, 1.82) is 0 Å². The van der Waals surface area contributed by atoms with E-state index in [0.29, 0.717) is 16.7 Å². The van der Waals surface area contributed by atoms with Crippen LogP contribution >= 0.6 is 15.9 Å². The molecule has 0 bridgehead atoms. The monoisotopic (exact) mass is 450 g/mol. The third-order valence-corrected chi connectivity index (χ3v) is 4.94. The van der Waals surface area contributed by atoms with E-state index < -0.39 is 5.97 Å². The number of aromatic carboxylic acids is 1. The molecule has 0 unspecified atom stereocenters. The third-order valence-electron chi connectivity index (χ3n) is 4.45. The molecule has 1 N–H and O–H groups in total. The van der Waals surface area contributed by atoms with Crippen LogP contribution in [0.5, 0.6) is 0 Å². The molecule has 0 saturated heterocycles. The summed E-state index contributed by atoms with van der Waals surface area (Å²) in [5.74, 6) is -0.499. The van der Waals surface area contributed by atoms with Crippen LogP contribution in [-0.2, 0) is 0 Å². The molecule has 29 heavy (non-hydrogen) atoms. The summed E-state index contributed by atoms with van der Waals surface area (Å²) in [5.41, 5.74) is 2.09. The van der Waals surface area contributed by atoms with Crippen LogP contribution in [0.1, 0.15) is 21.9 Å². The molecular formula is C21H15BrN4O3. The number of aryl methyl sites for hydroxylation is 1. The van der Waals surface area contributed by atoms with Gasteiger partial charge >= 0.3 is 5.97 Å². The Balaban J connectivity index is 1.74. The molecule has 7 nitrogen and oxygen atoms in total.